The van der Waals surface area contributed by atoms with Crippen molar-refractivity contribution < 1.29 is 4.79 Å². The van der Waals surface area contributed by atoms with E-state index in [0.29, 0.717) is 29.2 Å². The minimum Gasteiger partial charge on any atom is -0.315 e. The highest BCUT2D eigenvalue weighted by atomic mass is 32.1. The first-order valence-electron chi connectivity index (χ1n) is 7.19. The number of nitrogens with one attached hydrogen (secondary N) is 2. The summed E-state index contributed by atoms with van der Waals surface area (Å²) in [5.74, 6) is -0.0472. The van der Waals surface area contributed by atoms with Gasteiger partial charge in [0.2, 0.25) is 5.91 Å². The van der Waals surface area contributed by atoms with Gasteiger partial charge in [0.25, 0.3) is 0 Å². The van der Waals surface area contributed by atoms with Crippen molar-refractivity contribution in [3.05, 3.63) is 16.0 Å². The predicted molar refractivity (Wildman–Crippen MR) is 85.6 cm³/mol. The first kappa shape index (κ1) is 16.0. The van der Waals surface area contributed by atoms with Crippen LogP contribution in [0, 0.1) is 25.2 Å². The molecule has 0 spiro atoms. The summed E-state index contributed by atoms with van der Waals surface area (Å²) in [6.07, 6.45) is 0. The molecule has 1 aromatic heterocycles. The number of carbonyl (C=O) groups excluding carboxylic acids is 1. The lowest BCUT2D eigenvalue weighted by Crippen LogP contribution is -2.55. The van der Waals surface area contributed by atoms with Gasteiger partial charge in [-0.15, -0.1) is 11.3 Å². The monoisotopic (exact) mass is 306 g/mol. The summed E-state index contributed by atoms with van der Waals surface area (Å²) in [6.45, 7) is 10.2. The number of carbonyl (C=O) groups is 1. The third-order valence-corrected chi connectivity index (χ3v) is 4.87. The molecule has 0 aromatic carbocycles. The first-order valence-corrected chi connectivity index (χ1v) is 8.00. The van der Waals surface area contributed by atoms with E-state index in [1.54, 1.807) is 0 Å². The van der Waals surface area contributed by atoms with E-state index in [-0.39, 0.29) is 5.91 Å². The average Bonchev–Trinajstić information content (AvgIpc) is 2.62. The standard InChI is InChI=1S/C15H22N4OS/c1-9-6-19(7-10(2)17-9)8-14(20)18-15-13(5-16)11(3)12(4)21-15/h9-10,17H,6-8H2,1-4H3,(H,18,20). The lowest BCUT2D eigenvalue weighted by molar-refractivity contribution is -0.117. The van der Waals surface area contributed by atoms with Crippen molar-refractivity contribution in [2.45, 2.75) is 39.8 Å². The number of hydrogen-bond donors (Lipinski definition) is 2. The second-order valence-corrected chi connectivity index (χ2v) is 7.03. The smallest absolute Gasteiger partial charge is 0.239 e. The van der Waals surface area contributed by atoms with Crippen LogP contribution < -0.4 is 10.6 Å². The van der Waals surface area contributed by atoms with Gasteiger partial charge in [-0.2, -0.15) is 5.26 Å². The molecule has 0 radical (unpaired) electrons. The largest absolute Gasteiger partial charge is 0.315 e. The number of piperazine rings is 1. The summed E-state index contributed by atoms with van der Waals surface area (Å²) in [5.41, 5.74) is 1.55. The average molecular weight is 306 g/mol. The van der Waals surface area contributed by atoms with Crippen molar-refractivity contribution in [3.63, 3.8) is 0 Å². The molecular weight excluding hydrogens is 284 g/mol. The quantitative estimate of drug-likeness (QED) is 0.894. The number of thiophene rings is 1. The fourth-order valence-electron chi connectivity index (χ4n) is 2.79. The van der Waals surface area contributed by atoms with Crippen LogP contribution in [0.4, 0.5) is 5.00 Å². The molecule has 2 N–H and O–H groups in total. The van der Waals surface area contributed by atoms with Crippen molar-refractivity contribution >= 4 is 22.2 Å². The van der Waals surface area contributed by atoms with Gasteiger partial charge in [0.15, 0.2) is 0 Å². The summed E-state index contributed by atoms with van der Waals surface area (Å²) in [6, 6.07) is 2.96. The van der Waals surface area contributed by atoms with E-state index in [1.165, 1.54) is 11.3 Å². The zero-order valence-corrected chi connectivity index (χ0v) is 13.8. The van der Waals surface area contributed by atoms with Crippen molar-refractivity contribution in [2.24, 2.45) is 0 Å². The Hall–Kier alpha value is -1.42. The zero-order chi connectivity index (χ0) is 15.6. The SMILES string of the molecule is Cc1sc(NC(=O)CN2CC(C)NC(C)C2)c(C#N)c1C. The second-order valence-electron chi connectivity index (χ2n) is 5.81. The molecule has 21 heavy (non-hydrogen) atoms. The van der Waals surface area contributed by atoms with E-state index in [9.17, 15) is 10.1 Å². The van der Waals surface area contributed by atoms with Gasteiger partial charge in [0.1, 0.15) is 11.1 Å². The van der Waals surface area contributed by atoms with Crippen LogP contribution in [0.2, 0.25) is 0 Å². The molecule has 1 aromatic rings. The molecule has 1 amide bonds. The Balaban J connectivity index is 1.99. The predicted octanol–water partition coefficient (Wildman–Crippen LogP) is 1.86. The normalized spacial score (nSPS) is 22.8. The minimum atomic E-state index is -0.0472. The van der Waals surface area contributed by atoms with Crippen LogP contribution in [0.3, 0.4) is 0 Å². The lowest BCUT2D eigenvalue weighted by atomic mass is 10.1. The minimum absolute atomic E-state index is 0.0472. The number of hydrogen-bond acceptors (Lipinski definition) is 5. The second kappa shape index (κ2) is 6.56. The summed E-state index contributed by atoms with van der Waals surface area (Å²) < 4.78 is 0. The number of nitriles is 1. The van der Waals surface area contributed by atoms with Gasteiger partial charge >= 0.3 is 0 Å². The third-order valence-electron chi connectivity index (χ3n) is 3.75. The highest BCUT2D eigenvalue weighted by Gasteiger charge is 2.23. The Bertz CT molecular complexity index is 565. The van der Waals surface area contributed by atoms with Gasteiger partial charge in [-0.25, -0.2) is 0 Å². The van der Waals surface area contributed by atoms with Crippen LogP contribution in [-0.4, -0.2) is 42.5 Å². The maximum atomic E-state index is 12.2. The molecule has 1 fully saturated rings. The highest BCUT2D eigenvalue weighted by molar-refractivity contribution is 7.16. The number of rotatable bonds is 3. The van der Waals surface area contributed by atoms with Gasteiger partial charge in [-0.05, 0) is 33.3 Å². The van der Waals surface area contributed by atoms with Gasteiger partial charge in [-0.3, -0.25) is 9.69 Å². The van der Waals surface area contributed by atoms with E-state index in [0.717, 1.165) is 23.5 Å². The van der Waals surface area contributed by atoms with Crippen molar-refractivity contribution in [1.29, 1.82) is 5.26 Å². The molecule has 0 saturated carbocycles. The molecule has 1 saturated heterocycles. The molecule has 0 bridgehead atoms. The molecule has 114 valence electrons. The van der Waals surface area contributed by atoms with Gasteiger partial charge in [-0.1, -0.05) is 0 Å². The summed E-state index contributed by atoms with van der Waals surface area (Å²) >= 11 is 1.47. The van der Waals surface area contributed by atoms with Crippen LogP contribution in [0.15, 0.2) is 0 Å². The summed E-state index contributed by atoms with van der Waals surface area (Å²) in [4.78, 5) is 15.4. The molecular formula is C15H22N4OS. The summed E-state index contributed by atoms with van der Waals surface area (Å²) in [7, 11) is 0. The molecule has 2 atom stereocenters. The van der Waals surface area contributed by atoms with Crippen molar-refractivity contribution in [2.75, 3.05) is 25.0 Å². The highest BCUT2D eigenvalue weighted by Crippen LogP contribution is 2.31. The van der Waals surface area contributed by atoms with Crippen LogP contribution >= 0.6 is 11.3 Å². The van der Waals surface area contributed by atoms with Crippen molar-refractivity contribution in [3.8, 4) is 6.07 Å². The maximum Gasteiger partial charge on any atom is 0.239 e. The van der Waals surface area contributed by atoms with Crippen LogP contribution in [0.25, 0.3) is 0 Å². The molecule has 2 unspecified atom stereocenters. The molecule has 0 aliphatic carbocycles. The van der Waals surface area contributed by atoms with Gasteiger partial charge in [0.05, 0.1) is 12.1 Å². The number of amides is 1. The van der Waals surface area contributed by atoms with E-state index in [1.807, 2.05) is 13.8 Å². The molecule has 5 nitrogen and oxygen atoms in total. The van der Waals surface area contributed by atoms with E-state index < -0.39 is 0 Å². The Morgan fingerprint density at radius 2 is 2.05 bits per heavy atom. The Morgan fingerprint density at radius 3 is 2.62 bits per heavy atom. The topological polar surface area (TPSA) is 68.2 Å². The Morgan fingerprint density at radius 1 is 1.43 bits per heavy atom. The lowest BCUT2D eigenvalue weighted by Gasteiger charge is -2.35. The fourth-order valence-corrected chi connectivity index (χ4v) is 3.82. The number of nitrogens with zero attached hydrogens (tertiary/aromatic N) is 2. The van der Waals surface area contributed by atoms with Crippen LogP contribution in [0.5, 0.6) is 0 Å². The Kier molecular flexibility index (Phi) is 4.99. The molecule has 2 heterocycles. The molecule has 6 heteroatoms. The van der Waals surface area contributed by atoms with Crippen LogP contribution in [-0.2, 0) is 4.79 Å². The van der Waals surface area contributed by atoms with E-state index >= 15 is 0 Å². The number of aryl methyl sites for hydroxylation is 1. The molecule has 2 rings (SSSR count). The van der Waals surface area contributed by atoms with Crippen LogP contribution in [0.1, 0.15) is 29.9 Å². The Labute approximate surface area is 129 Å². The molecule has 1 aliphatic rings. The first-order chi connectivity index (χ1) is 9.90. The fraction of sp³-hybridized carbons (Fsp3) is 0.600. The third kappa shape index (κ3) is 3.82. The van der Waals surface area contributed by atoms with Crippen molar-refractivity contribution in [1.82, 2.24) is 10.2 Å². The number of anilines is 1. The van der Waals surface area contributed by atoms with E-state index in [2.05, 4.69) is 35.5 Å². The molecule has 1 aliphatic heterocycles. The maximum absolute atomic E-state index is 12.2. The van der Waals surface area contributed by atoms with Gasteiger partial charge < -0.3 is 10.6 Å². The summed E-state index contributed by atoms with van der Waals surface area (Å²) in [5, 5.41) is 16.2. The zero-order valence-electron chi connectivity index (χ0n) is 13.0. The van der Waals surface area contributed by atoms with E-state index in [4.69, 9.17) is 0 Å². The van der Waals surface area contributed by atoms with Gasteiger partial charge in [0, 0.05) is 30.1 Å².